The minimum absolute atomic E-state index is 0.00343. The quantitative estimate of drug-likeness (QED) is 0.942. The zero-order valence-electron chi connectivity index (χ0n) is 11.1. The molecule has 2 aromatic heterocycles. The summed E-state index contributed by atoms with van der Waals surface area (Å²) in [6.07, 6.45) is 3.83. The predicted molar refractivity (Wildman–Crippen MR) is 74.4 cm³/mol. The molecule has 2 rings (SSSR count). The summed E-state index contributed by atoms with van der Waals surface area (Å²) in [5.74, 6) is 0. The molecular formula is C12H18BrN5. The Kier molecular flexibility index (Phi) is 3.59. The van der Waals surface area contributed by atoms with E-state index in [2.05, 4.69) is 26.1 Å². The largest absolute Gasteiger partial charge is 0.326 e. The molecule has 0 amide bonds. The molecule has 0 aliphatic heterocycles. The SMILES string of the molecule is Cc1nn(C(c2cnn(C)c2)C(C)N)c(C)c1Br. The Morgan fingerprint density at radius 1 is 1.39 bits per heavy atom. The second kappa shape index (κ2) is 4.85. The number of aromatic nitrogens is 4. The van der Waals surface area contributed by atoms with E-state index in [9.17, 15) is 0 Å². The number of hydrogen-bond donors (Lipinski definition) is 1. The fourth-order valence-corrected chi connectivity index (χ4v) is 2.44. The maximum absolute atomic E-state index is 6.13. The Balaban J connectivity index is 2.51. The highest BCUT2D eigenvalue weighted by atomic mass is 79.9. The van der Waals surface area contributed by atoms with Gasteiger partial charge in [-0.15, -0.1) is 0 Å². The molecule has 2 N–H and O–H groups in total. The van der Waals surface area contributed by atoms with Crippen LogP contribution in [-0.4, -0.2) is 25.6 Å². The maximum Gasteiger partial charge on any atom is 0.0950 e. The Bertz CT molecular complexity index is 555. The molecule has 0 radical (unpaired) electrons. The van der Waals surface area contributed by atoms with Gasteiger partial charge in [0, 0.05) is 24.8 Å². The van der Waals surface area contributed by atoms with Gasteiger partial charge in [-0.2, -0.15) is 10.2 Å². The van der Waals surface area contributed by atoms with Gasteiger partial charge >= 0.3 is 0 Å². The van der Waals surface area contributed by atoms with Gasteiger partial charge in [-0.3, -0.25) is 9.36 Å². The fourth-order valence-electron chi connectivity index (χ4n) is 2.17. The van der Waals surface area contributed by atoms with Crippen LogP contribution >= 0.6 is 15.9 Å². The molecule has 0 saturated carbocycles. The summed E-state index contributed by atoms with van der Waals surface area (Å²) in [4.78, 5) is 0. The normalized spacial score (nSPS) is 14.8. The second-order valence-corrected chi connectivity index (χ2v) is 5.47. The number of halogens is 1. The summed E-state index contributed by atoms with van der Waals surface area (Å²) in [7, 11) is 1.90. The lowest BCUT2D eigenvalue weighted by atomic mass is 10.0. The van der Waals surface area contributed by atoms with Gasteiger partial charge in [-0.05, 0) is 36.7 Å². The number of nitrogens with zero attached hydrogens (tertiary/aromatic N) is 4. The first-order valence-corrected chi connectivity index (χ1v) is 6.66. The summed E-state index contributed by atoms with van der Waals surface area (Å²) in [5.41, 5.74) is 9.26. The molecular weight excluding hydrogens is 294 g/mol. The third kappa shape index (κ3) is 2.22. The molecule has 2 heterocycles. The number of aryl methyl sites for hydroxylation is 2. The lowest BCUT2D eigenvalue weighted by Gasteiger charge is -2.21. The minimum atomic E-state index is -0.0425. The van der Waals surface area contributed by atoms with Crippen molar-refractivity contribution in [2.75, 3.05) is 0 Å². The highest BCUT2D eigenvalue weighted by Crippen LogP contribution is 2.27. The first-order valence-electron chi connectivity index (χ1n) is 5.87. The number of nitrogens with two attached hydrogens (primary N) is 1. The Labute approximate surface area is 115 Å². The highest BCUT2D eigenvalue weighted by Gasteiger charge is 2.24. The maximum atomic E-state index is 6.13. The van der Waals surface area contributed by atoms with E-state index < -0.39 is 0 Å². The number of hydrogen-bond acceptors (Lipinski definition) is 3. The smallest absolute Gasteiger partial charge is 0.0950 e. The van der Waals surface area contributed by atoms with Crippen molar-refractivity contribution < 1.29 is 0 Å². The van der Waals surface area contributed by atoms with E-state index in [1.165, 1.54) is 0 Å². The van der Waals surface area contributed by atoms with E-state index in [0.717, 1.165) is 21.4 Å². The van der Waals surface area contributed by atoms with Crippen molar-refractivity contribution in [1.82, 2.24) is 19.6 Å². The molecule has 0 aromatic carbocycles. The summed E-state index contributed by atoms with van der Waals surface area (Å²) in [6.45, 7) is 6.01. The van der Waals surface area contributed by atoms with Gasteiger partial charge in [-0.25, -0.2) is 0 Å². The molecule has 2 atom stereocenters. The Morgan fingerprint density at radius 3 is 2.44 bits per heavy atom. The van der Waals surface area contributed by atoms with Gasteiger partial charge in [0.2, 0.25) is 0 Å². The zero-order chi connectivity index (χ0) is 13.4. The van der Waals surface area contributed by atoms with Crippen molar-refractivity contribution in [3.63, 3.8) is 0 Å². The highest BCUT2D eigenvalue weighted by molar-refractivity contribution is 9.10. The zero-order valence-corrected chi connectivity index (χ0v) is 12.6. The van der Waals surface area contributed by atoms with Crippen molar-refractivity contribution in [3.8, 4) is 0 Å². The van der Waals surface area contributed by atoms with E-state index in [1.807, 2.05) is 44.9 Å². The third-order valence-electron chi connectivity index (χ3n) is 3.06. The summed E-state index contributed by atoms with van der Waals surface area (Å²) in [5, 5.41) is 8.78. The number of rotatable bonds is 3. The van der Waals surface area contributed by atoms with E-state index in [1.54, 1.807) is 4.68 Å². The molecule has 18 heavy (non-hydrogen) atoms. The van der Waals surface area contributed by atoms with Crippen LogP contribution < -0.4 is 5.73 Å². The van der Waals surface area contributed by atoms with E-state index in [4.69, 9.17) is 5.73 Å². The molecule has 98 valence electrons. The monoisotopic (exact) mass is 311 g/mol. The van der Waals surface area contributed by atoms with Crippen molar-refractivity contribution in [1.29, 1.82) is 0 Å². The van der Waals surface area contributed by atoms with Gasteiger partial charge in [0.05, 0.1) is 28.1 Å². The fraction of sp³-hybridized carbons (Fsp3) is 0.500. The molecule has 0 bridgehead atoms. The molecule has 0 spiro atoms. The summed E-state index contributed by atoms with van der Waals surface area (Å²) in [6, 6.07) is -0.0391. The van der Waals surface area contributed by atoms with Crippen LogP contribution in [0.1, 0.15) is 29.9 Å². The van der Waals surface area contributed by atoms with E-state index in [-0.39, 0.29) is 12.1 Å². The van der Waals surface area contributed by atoms with Crippen LogP contribution in [0.2, 0.25) is 0 Å². The predicted octanol–water partition coefficient (Wildman–Crippen LogP) is 1.93. The van der Waals surface area contributed by atoms with Gasteiger partial charge in [0.25, 0.3) is 0 Å². The topological polar surface area (TPSA) is 61.7 Å². The second-order valence-electron chi connectivity index (χ2n) is 4.68. The van der Waals surface area contributed by atoms with Gasteiger partial charge < -0.3 is 5.73 Å². The molecule has 0 saturated heterocycles. The van der Waals surface area contributed by atoms with Crippen LogP contribution in [0.25, 0.3) is 0 Å². The molecule has 5 nitrogen and oxygen atoms in total. The van der Waals surface area contributed by atoms with Crippen molar-refractivity contribution in [2.24, 2.45) is 12.8 Å². The van der Waals surface area contributed by atoms with Gasteiger partial charge in [0.15, 0.2) is 0 Å². The van der Waals surface area contributed by atoms with Gasteiger partial charge in [-0.1, -0.05) is 0 Å². The Hall–Kier alpha value is -1.14. The molecule has 0 aliphatic rings. The molecule has 0 fully saturated rings. The van der Waals surface area contributed by atoms with Crippen molar-refractivity contribution >= 4 is 15.9 Å². The summed E-state index contributed by atoms with van der Waals surface area (Å²) < 4.78 is 4.80. The van der Waals surface area contributed by atoms with E-state index in [0.29, 0.717) is 0 Å². The van der Waals surface area contributed by atoms with Crippen LogP contribution in [0.5, 0.6) is 0 Å². The van der Waals surface area contributed by atoms with Crippen LogP contribution in [0.15, 0.2) is 16.9 Å². The molecule has 2 unspecified atom stereocenters. The lowest BCUT2D eigenvalue weighted by molar-refractivity contribution is 0.443. The lowest BCUT2D eigenvalue weighted by Crippen LogP contribution is -2.31. The Morgan fingerprint density at radius 2 is 2.06 bits per heavy atom. The van der Waals surface area contributed by atoms with Crippen molar-refractivity contribution in [2.45, 2.75) is 32.9 Å². The van der Waals surface area contributed by atoms with Crippen LogP contribution in [0, 0.1) is 13.8 Å². The first-order chi connectivity index (χ1) is 8.41. The average Bonchev–Trinajstić information content (AvgIpc) is 2.80. The van der Waals surface area contributed by atoms with Crippen LogP contribution in [0.3, 0.4) is 0 Å². The van der Waals surface area contributed by atoms with Crippen molar-refractivity contribution in [3.05, 3.63) is 33.8 Å². The van der Waals surface area contributed by atoms with Gasteiger partial charge in [0.1, 0.15) is 0 Å². The molecule has 0 aliphatic carbocycles. The third-order valence-corrected chi connectivity index (χ3v) is 4.21. The average molecular weight is 312 g/mol. The minimum Gasteiger partial charge on any atom is -0.326 e. The molecule has 6 heteroatoms. The van der Waals surface area contributed by atoms with Crippen LogP contribution in [-0.2, 0) is 7.05 Å². The standard InChI is InChI=1S/C12H18BrN5/c1-7(14)12(10-5-15-17(4)6-10)18-9(3)11(13)8(2)16-18/h5-7,12H,14H2,1-4H3. The summed E-state index contributed by atoms with van der Waals surface area (Å²) >= 11 is 3.55. The van der Waals surface area contributed by atoms with E-state index >= 15 is 0 Å². The first kappa shape index (κ1) is 13.3. The molecule has 2 aromatic rings. The van der Waals surface area contributed by atoms with Crippen LogP contribution in [0.4, 0.5) is 0 Å².